The number of fused-ring (bicyclic) bond motifs is 1. The molecule has 0 radical (unpaired) electrons. The Morgan fingerprint density at radius 1 is 1.17 bits per heavy atom. The molecule has 2 atom stereocenters. The maximum absolute atomic E-state index is 9.23. The monoisotopic (exact) mass is 336 g/mol. The van der Waals surface area contributed by atoms with Crippen LogP contribution in [0.2, 0.25) is 0 Å². The normalized spacial score (nSPS) is 23.2. The summed E-state index contributed by atoms with van der Waals surface area (Å²) in [5, 5.41) is 11.2. The first-order chi connectivity index (χ1) is 11.8. The molecule has 2 aromatic heterocycles. The summed E-state index contributed by atoms with van der Waals surface area (Å²) in [6.45, 7) is 2.66. The van der Waals surface area contributed by atoms with E-state index in [-0.39, 0.29) is 0 Å². The van der Waals surface area contributed by atoms with Crippen molar-refractivity contribution in [1.29, 1.82) is 5.26 Å². The number of rotatable bonds is 1. The number of aromatic nitrogens is 3. The van der Waals surface area contributed by atoms with Gasteiger partial charge in [0.05, 0.1) is 11.6 Å². The van der Waals surface area contributed by atoms with E-state index >= 15 is 0 Å². The second-order valence-corrected chi connectivity index (χ2v) is 6.63. The summed E-state index contributed by atoms with van der Waals surface area (Å²) < 4.78 is 0. The van der Waals surface area contributed by atoms with Gasteiger partial charge in [0.25, 0.3) is 0 Å². The molecule has 2 aliphatic rings. The fraction of sp³-hybridized carbons (Fsp3) is 0.412. The van der Waals surface area contributed by atoms with Crippen LogP contribution in [-0.2, 0) is 0 Å². The molecule has 0 amide bonds. The highest BCUT2D eigenvalue weighted by molar-refractivity contribution is 7.07. The molecule has 120 valence electrons. The lowest BCUT2D eigenvalue weighted by Crippen LogP contribution is -2.52. The molecule has 0 bridgehead atoms. The Kier molecular flexibility index (Phi) is 4.12. The molecule has 2 aromatic rings. The molecule has 4 rings (SSSR count). The summed E-state index contributed by atoms with van der Waals surface area (Å²) >= 11 is 1.57. The van der Waals surface area contributed by atoms with Crippen LogP contribution < -0.4 is 4.90 Å². The third-order valence-corrected chi connectivity index (χ3v) is 5.17. The van der Waals surface area contributed by atoms with Gasteiger partial charge in [-0.25, -0.2) is 15.0 Å². The van der Waals surface area contributed by atoms with Gasteiger partial charge in [0.1, 0.15) is 11.8 Å². The zero-order chi connectivity index (χ0) is 16.4. The van der Waals surface area contributed by atoms with E-state index in [9.17, 15) is 5.26 Å². The molecule has 6 nitrogen and oxygen atoms in total. The van der Waals surface area contributed by atoms with E-state index in [0.29, 0.717) is 23.6 Å². The predicted octanol–water partition coefficient (Wildman–Crippen LogP) is 1.51. The van der Waals surface area contributed by atoms with Gasteiger partial charge in [0.15, 0.2) is 11.5 Å². The summed E-state index contributed by atoms with van der Waals surface area (Å²) in [4.78, 5) is 17.4. The van der Waals surface area contributed by atoms with Gasteiger partial charge in [-0.3, -0.25) is 4.90 Å². The topological polar surface area (TPSA) is 68.9 Å². The number of nitriles is 1. The summed E-state index contributed by atoms with van der Waals surface area (Å²) in [5.41, 5.74) is 3.08. The smallest absolute Gasteiger partial charge is 0.183 e. The molecule has 24 heavy (non-hydrogen) atoms. The molecule has 7 heteroatoms. The van der Waals surface area contributed by atoms with Crippen LogP contribution >= 0.6 is 11.3 Å². The quantitative estimate of drug-likeness (QED) is 0.735. The highest BCUT2D eigenvalue weighted by atomic mass is 32.1. The van der Waals surface area contributed by atoms with Gasteiger partial charge in [-0.2, -0.15) is 5.26 Å². The SMILES string of the molecule is N#Cc1nccnc1N1CCN2[C@@H](CC[C@@H]2C#Cc2cscn2)C1. The van der Waals surface area contributed by atoms with Crippen molar-refractivity contribution in [2.45, 2.75) is 24.9 Å². The van der Waals surface area contributed by atoms with Crippen LogP contribution in [0.25, 0.3) is 0 Å². The molecular weight excluding hydrogens is 320 g/mol. The maximum Gasteiger partial charge on any atom is 0.183 e. The summed E-state index contributed by atoms with van der Waals surface area (Å²) in [6.07, 6.45) is 5.42. The number of nitrogens with zero attached hydrogens (tertiary/aromatic N) is 6. The zero-order valence-electron chi connectivity index (χ0n) is 13.1. The standard InChI is InChI=1S/C17H16N6S/c18-9-16-17(20-6-5-19-16)22-7-8-23-14(3-4-15(23)10-22)2-1-13-11-24-12-21-13/h5-6,11-12,14-15H,3-4,7-8,10H2/t14-,15-/m0/s1. The second-order valence-electron chi connectivity index (χ2n) is 5.91. The summed E-state index contributed by atoms with van der Waals surface area (Å²) in [5.74, 6) is 7.28. The summed E-state index contributed by atoms with van der Waals surface area (Å²) in [6, 6.07) is 2.90. The van der Waals surface area contributed by atoms with Crippen LogP contribution in [-0.4, -0.2) is 51.6 Å². The summed E-state index contributed by atoms with van der Waals surface area (Å²) in [7, 11) is 0. The number of thiazole rings is 1. The average Bonchev–Trinajstić information content (AvgIpc) is 3.29. The van der Waals surface area contributed by atoms with E-state index < -0.39 is 0 Å². The van der Waals surface area contributed by atoms with Crippen molar-refractivity contribution in [2.75, 3.05) is 24.5 Å². The lowest BCUT2D eigenvalue weighted by atomic mass is 10.1. The first kappa shape index (κ1) is 15.1. The van der Waals surface area contributed by atoms with Gasteiger partial charge in [-0.05, 0) is 18.8 Å². The predicted molar refractivity (Wildman–Crippen MR) is 91.5 cm³/mol. The van der Waals surface area contributed by atoms with E-state index in [4.69, 9.17) is 0 Å². The second kappa shape index (κ2) is 6.56. The molecule has 0 aromatic carbocycles. The Labute approximate surface area is 144 Å². The number of piperazine rings is 1. The van der Waals surface area contributed by atoms with Crippen molar-refractivity contribution in [3.05, 3.63) is 34.7 Å². The molecule has 0 unspecified atom stereocenters. The first-order valence-electron chi connectivity index (χ1n) is 7.96. The van der Waals surface area contributed by atoms with E-state index in [1.54, 1.807) is 23.7 Å². The largest absolute Gasteiger partial charge is 0.351 e. The van der Waals surface area contributed by atoms with Crippen LogP contribution in [0.3, 0.4) is 0 Å². The van der Waals surface area contributed by atoms with Crippen molar-refractivity contribution in [3.8, 4) is 17.9 Å². The minimum Gasteiger partial charge on any atom is -0.351 e. The molecule has 0 aliphatic carbocycles. The minimum atomic E-state index is 0.302. The lowest BCUT2D eigenvalue weighted by Gasteiger charge is -2.39. The van der Waals surface area contributed by atoms with Crippen LogP contribution in [0.1, 0.15) is 24.2 Å². The third kappa shape index (κ3) is 2.84. The molecule has 2 aliphatic heterocycles. The van der Waals surface area contributed by atoms with Gasteiger partial charge >= 0.3 is 0 Å². The van der Waals surface area contributed by atoms with Gasteiger partial charge in [0.2, 0.25) is 0 Å². The Balaban J connectivity index is 1.47. The number of anilines is 1. The molecular formula is C17H16N6S. The van der Waals surface area contributed by atoms with Crippen LogP contribution in [0.5, 0.6) is 0 Å². The Morgan fingerprint density at radius 2 is 2.08 bits per heavy atom. The molecule has 4 heterocycles. The van der Waals surface area contributed by atoms with Crippen molar-refractivity contribution in [1.82, 2.24) is 19.9 Å². The maximum atomic E-state index is 9.23. The lowest BCUT2D eigenvalue weighted by molar-refractivity contribution is 0.202. The van der Waals surface area contributed by atoms with E-state index in [0.717, 1.165) is 38.2 Å². The van der Waals surface area contributed by atoms with Gasteiger partial charge in [-0.1, -0.05) is 5.92 Å². The van der Waals surface area contributed by atoms with E-state index in [2.05, 4.69) is 42.7 Å². The Bertz CT molecular complexity index is 816. The Morgan fingerprint density at radius 3 is 2.92 bits per heavy atom. The first-order valence-corrected chi connectivity index (χ1v) is 8.91. The van der Waals surface area contributed by atoms with Gasteiger partial charge in [-0.15, -0.1) is 11.3 Å². The zero-order valence-corrected chi connectivity index (χ0v) is 13.9. The number of hydrogen-bond acceptors (Lipinski definition) is 7. The van der Waals surface area contributed by atoms with Crippen LogP contribution in [0.4, 0.5) is 5.82 Å². The fourth-order valence-electron chi connectivity index (χ4n) is 3.47. The van der Waals surface area contributed by atoms with Crippen molar-refractivity contribution in [2.24, 2.45) is 0 Å². The highest BCUT2D eigenvalue weighted by Gasteiger charge is 2.37. The average molecular weight is 336 g/mol. The molecule has 0 N–H and O–H groups in total. The minimum absolute atomic E-state index is 0.302. The molecule has 2 saturated heterocycles. The highest BCUT2D eigenvalue weighted by Crippen LogP contribution is 2.29. The molecule has 0 spiro atoms. The van der Waals surface area contributed by atoms with E-state index in [1.165, 1.54) is 0 Å². The van der Waals surface area contributed by atoms with Crippen molar-refractivity contribution < 1.29 is 0 Å². The molecule has 0 saturated carbocycles. The van der Waals surface area contributed by atoms with E-state index in [1.807, 2.05) is 10.9 Å². The van der Waals surface area contributed by atoms with Gasteiger partial charge in [0, 0.05) is 43.4 Å². The third-order valence-electron chi connectivity index (χ3n) is 4.59. The number of hydrogen-bond donors (Lipinski definition) is 0. The van der Waals surface area contributed by atoms with Crippen LogP contribution in [0.15, 0.2) is 23.3 Å². The fourth-order valence-corrected chi connectivity index (χ4v) is 3.96. The Hall–Kier alpha value is -2.48. The molecule has 2 fully saturated rings. The van der Waals surface area contributed by atoms with Crippen molar-refractivity contribution >= 4 is 17.2 Å². The van der Waals surface area contributed by atoms with Crippen LogP contribution in [0, 0.1) is 23.2 Å². The van der Waals surface area contributed by atoms with Gasteiger partial charge < -0.3 is 4.90 Å². The van der Waals surface area contributed by atoms with Crippen molar-refractivity contribution in [3.63, 3.8) is 0 Å².